The molecule has 0 bridgehead atoms. The highest BCUT2D eigenvalue weighted by atomic mass is 35.5. The molecule has 4 amide bonds. The Kier molecular flexibility index (Phi) is 6.24. The smallest absolute Gasteiger partial charge is 0.325 e. The number of amides is 4. The first-order chi connectivity index (χ1) is 11.9. The van der Waals surface area contributed by atoms with E-state index >= 15 is 0 Å². The molecule has 0 aliphatic carbocycles. The zero-order chi connectivity index (χ0) is 18.6. The first-order valence-corrected chi connectivity index (χ1v) is 9.33. The van der Waals surface area contributed by atoms with Gasteiger partial charge in [-0.3, -0.25) is 14.5 Å². The molecule has 1 aromatic heterocycles. The predicted octanol–water partition coefficient (Wildman–Crippen LogP) is 3.03. The first kappa shape index (κ1) is 19.5. The van der Waals surface area contributed by atoms with Gasteiger partial charge in [0.05, 0.1) is 10.9 Å². The number of urea groups is 1. The maximum Gasteiger partial charge on any atom is 0.325 e. The largest absolute Gasteiger partial charge is 0.332 e. The van der Waals surface area contributed by atoms with Crippen molar-refractivity contribution in [1.29, 1.82) is 0 Å². The lowest BCUT2D eigenvalue weighted by Gasteiger charge is -2.25. The summed E-state index contributed by atoms with van der Waals surface area (Å²) in [6, 6.07) is 3.11. The molecule has 1 N–H and O–H groups in total. The van der Waals surface area contributed by atoms with Crippen LogP contribution in [0.5, 0.6) is 0 Å². The van der Waals surface area contributed by atoms with Gasteiger partial charge in [-0.2, -0.15) is 0 Å². The van der Waals surface area contributed by atoms with Crippen molar-refractivity contribution in [2.24, 2.45) is 0 Å². The van der Waals surface area contributed by atoms with Gasteiger partial charge in [-0.1, -0.05) is 31.5 Å². The van der Waals surface area contributed by atoms with Gasteiger partial charge in [-0.25, -0.2) is 4.79 Å². The number of nitrogens with one attached hydrogen (secondary N) is 1. The molecular weight excluding hydrogens is 362 g/mol. The van der Waals surface area contributed by atoms with E-state index in [1.807, 2.05) is 19.9 Å². The summed E-state index contributed by atoms with van der Waals surface area (Å²) in [5, 5.41) is 2.73. The number of thiophene rings is 1. The van der Waals surface area contributed by atoms with Gasteiger partial charge in [-0.05, 0) is 25.0 Å². The summed E-state index contributed by atoms with van der Waals surface area (Å²) < 4.78 is 0.644. The molecule has 0 spiro atoms. The molecule has 2 heterocycles. The second-order valence-electron chi connectivity index (χ2n) is 5.88. The van der Waals surface area contributed by atoms with E-state index < -0.39 is 11.6 Å². The molecule has 0 aromatic carbocycles. The Balaban J connectivity index is 2.11. The maximum absolute atomic E-state index is 12.7. The van der Waals surface area contributed by atoms with Crippen molar-refractivity contribution >= 4 is 40.8 Å². The van der Waals surface area contributed by atoms with Gasteiger partial charge < -0.3 is 10.2 Å². The number of hydrogen-bond acceptors (Lipinski definition) is 4. The van der Waals surface area contributed by atoms with E-state index in [1.54, 1.807) is 17.0 Å². The van der Waals surface area contributed by atoms with Gasteiger partial charge in [0, 0.05) is 11.4 Å². The van der Waals surface area contributed by atoms with Crippen LogP contribution in [-0.2, 0) is 16.1 Å². The number of halogens is 1. The van der Waals surface area contributed by atoms with E-state index in [1.165, 1.54) is 11.3 Å². The molecule has 6 nitrogen and oxygen atoms in total. The Morgan fingerprint density at radius 2 is 2.08 bits per heavy atom. The highest BCUT2D eigenvalue weighted by molar-refractivity contribution is 7.16. The lowest BCUT2D eigenvalue weighted by Crippen LogP contribution is -2.47. The van der Waals surface area contributed by atoms with Crippen molar-refractivity contribution in [2.45, 2.75) is 38.8 Å². The molecule has 0 atom stereocenters. The molecule has 1 aliphatic rings. The normalized spacial score (nSPS) is 16.0. The topological polar surface area (TPSA) is 69.7 Å². The molecule has 0 radical (unpaired) electrons. The third-order valence-electron chi connectivity index (χ3n) is 4.42. The van der Waals surface area contributed by atoms with Gasteiger partial charge in [0.25, 0.3) is 5.91 Å². The van der Waals surface area contributed by atoms with Gasteiger partial charge >= 0.3 is 6.03 Å². The van der Waals surface area contributed by atoms with Crippen LogP contribution in [0.15, 0.2) is 24.8 Å². The maximum atomic E-state index is 12.7. The Bertz CT molecular complexity index is 684. The number of imide groups is 1. The SMILES string of the molecule is C=CCN(Cc1ccc(Cl)s1)C(=O)CN1C(=O)NC(CC)(CC)C1=O. The summed E-state index contributed by atoms with van der Waals surface area (Å²) in [5.41, 5.74) is -0.901. The molecule has 1 fully saturated rings. The van der Waals surface area contributed by atoms with Gasteiger partial charge in [-0.15, -0.1) is 17.9 Å². The number of carbonyl (C=O) groups is 3. The third-order valence-corrected chi connectivity index (χ3v) is 5.64. The van der Waals surface area contributed by atoms with Crippen LogP contribution in [0.4, 0.5) is 4.79 Å². The molecule has 136 valence electrons. The lowest BCUT2D eigenvalue weighted by atomic mass is 9.93. The summed E-state index contributed by atoms with van der Waals surface area (Å²) in [5.74, 6) is -0.649. The quantitative estimate of drug-likeness (QED) is 0.554. The lowest BCUT2D eigenvalue weighted by molar-refractivity contribution is -0.139. The summed E-state index contributed by atoms with van der Waals surface area (Å²) in [4.78, 5) is 40.9. The zero-order valence-corrected chi connectivity index (χ0v) is 16.0. The van der Waals surface area contributed by atoms with E-state index in [0.29, 0.717) is 30.3 Å². The van der Waals surface area contributed by atoms with E-state index in [-0.39, 0.29) is 18.4 Å². The predicted molar refractivity (Wildman–Crippen MR) is 98.5 cm³/mol. The number of carbonyl (C=O) groups excluding carboxylic acids is 3. The highest BCUT2D eigenvalue weighted by Crippen LogP contribution is 2.26. The summed E-state index contributed by atoms with van der Waals surface area (Å²) in [6.45, 7) is 7.76. The Morgan fingerprint density at radius 1 is 1.40 bits per heavy atom. The van der Waals surface area contributed by atoms with Crippen molar-refractivity contribution in [3.63, 3.8) is 0 Å². The monoisotopic (exact) mass is 383 g/mol. The van der Waals surface area contributed by atoms with Gasteiger partial charge in [0.15, 0.2) is 0 Å². The fraction of sp³-hybridized carbons (Fsp3) is 0.471. The zero-order valence-electron chi connectivity index (χ0n) is 14.4. The number of rotatable bonds is 8. The third kappa shape index (κ3) is 4.04. The fourth-order valence-electron chi connectivity index (χ4n) is 2.82. The molecule has 8 heteroatoms. The number of hydrogen-bond donors (Lipinski definition) is 1. The average molecular weight is 384 g/mol. The standard InChI is InChI=1S/C17H22ClN3O3S/c1-4-9-20(10-12-7-8-13(18)25-12)14(22)11-21-15(23)17(5-2,6-3)19-16(21)24/h4,7-8H,1,5-6,9-11H2,2-3H3,(H,19,24). The second kappa shape index (κ2) is 8.01. The minimum Gasteiger partial charge on any atom is -0.332 e. The van der Waals surface area contributed by atoms with Crippen LogP contribution in [0.25, 0.3) is 0 Å². The van der Waals surface area contributed by atoms with Crippen molar-refractivity contribution in [1.82, 2.24) is 15.1 Å². The van der Waals surface area contributed by atoms with Crippen LogP contribution < -0.4 is 5.32 Å². The van der Waals surface area contributed by atoms with Crippen LogP contribution in [0, 0.1) is 0 Å². The Morgan fingerprint density at radius 3 is 2.56 bits per heavy atom. The minimum atomic E-state index is -0.901. The molecule has 1 saturated heterocycles. The second-order valence-corrected chi connectivity index (χ2v) is 7.68. The van der Waals surface area contributed by atoms with Crippen molar-refractivity contribution in [3.8, 4) is 0 Å². The van der Waals surface area contributed by atoms with Gasteiger partial charge in [0.1, 0.15) is 12.1 Å². The van der Waals surface area contributed by atoms with Gasteiger partial charge in [0.2, 0.25) is 5.91 Å². The van der Waals surface area contributed by atoms with Crippen LogP contribution in [0.3, 0.4) is 0 Å². The van der Waals surface area contributed by atoms with Crippen LogP contribution >= 0.6 is 22.9 Å². The molecular formula is C17H22ClN3O3S. The molecule has 2 rings (SSSR count). The van der Waals surface area contributed by atoms with Crippen molar-refractivity contribution < 1.29 is 14.4 Å². The summed E-state index contributed by atoms with van der Waals surface area (Å²) in [6.07, 6.45) is 2.59. The van der Waals surface area contributed by atoms with Crippen LogP contribution in [0.2, 0.25) is 4.34 Å². The van der Waals surface area contributed by atoms with Crippen LogP contribution in [0.1, 0.15) is 31.6 Å². The summed E-state index contributed by atoms with van der Waals surface area (Å²) >= 11 is 7.32. The van der Waals surface area contributed by atoms with E-state index in [0.717, 1.165) is 9.78 Å². The molecule has 0 saturated carbocycles. The molecule has 25 heavy (non-hydrogen) atoms. The average Bonchev–Trinajstić information content (AvgIpc) is 3.10. The molecule has 1 aromatic rings. The van der Waals surface area contributed by atoms with E-state index in [9.17, 15) is 14.4 Å². The minimum absolute atomic E-state index is 0.278. The van der Waals surface area contributed by atoms with Crippen molar-refractivity contribution in [2.75, 3.05) is 13.1 Å². The Labute approximate surface area is 156 Å². The van der Waals surface area contributed by atoms with Crippen molar-refractivity contribution in [3.05, 3.63) is 34.0 Å². The summed E-state index contributed by atoms with van der Waals surface area (Å²) in [7, 11) is 0. The first-order valence-electron chi connectivity index (χ1n) is 8.13. The highest BCUT2D eigenvalue weighted by Gasteiger charge is 2.49. The fourth-order valence-corrected chi connectivity index (χ4v) is 3.92. The van der Waals surface area contributed by atoms with E-state index in [2.05, 4.69) is 11.9 Å². The molecule has 0 unspecified atom stereocenters. The van der Waals surface area contributed by atoms with Crippen LogP contribution in [-0.4, -0.2) is 46.3 Å². The Hall–Kier alpha value is -1.86. The molecule has 1 aliphatic heterocycles. The van der Waals surface area contributed by atoms with E-state index in [4.69, 9.17) is 11.6 Å². The number of nitrogens with zero attached hydrogens (tertiary/aromatic N) is 2.